The lowest BCUT2D eigenvalue weighted by Crippen LogP contribution is -2.42. The van der Waals surface area contributed by atoms with Gasteiger partial charge in [-0.1, -0.05) is 6.08 Å². The average Bonchev–Trinajstić information content (AvgIpc) is 2.47. The SMILES string of the molecule is C/C=C/N=C(N(C)C)N1CCCNCC1. The van der Waals surface area contributed by atoms with E-state index in [1.54, 1.807) is 0 Å². The fourth-order valence-electron chi connectivity index (χ4n) is 1.67. The number of nitrogens with zero attached hydrogens (tertiary/aromatic N) is 3. The summed E-state index contributed by atoms with van der Waals surface area (Å²) in [7, 11) is 4.08. The molecule has 1 heterocycles. The number of allylic oxidation sites excluding steroid dienone is 1. The van der Waals surface area contributed by atoms with E-state index in [4.69, 9.17) is 0 Å². The molecule has 1 saturated heterocycles. The Hall–Kier alpha value is -1.03. The minimum atomic E-state index is 1.04. The zero-order valence-electron chi connectivity index (χ0n) is 10.0. The molecule has 0 aliphatic carbocycles. The highest BCUT2D eigenvalue weighted by Crippen LogP contribution is 2.00. The second-order valence-corrected chi connectivity index (χ2v) is 3.90. The molecule has 86 valence electrons. The van der Waals surface area contributed by atoms with E-state index in [2.05, 4.69) is 20.1 Å². The Bertz CT molecular complexity index is 225. The van der Waals surface area contributed by atoms with Crippen LogP contribution >= 0.6 is 0 Å². The van der Waals surface area contributed by atoms with Gasteiger partial charge in [0.25, 0.3) is 0 Å². The van der Waals surface area contributed by atoms with Crippen molar-refractivity contribution in [2.45, 2.75) is 13.3 Å². The van der Waals surface area contributed by atoms with E-state index >= 15 is 0 Å². The Morgan fingerprint density at radius 3 is 2.80 bits per heavy atom. The van der Waals surface area contributed by atoms with E-state index < -0.39 is 0 Å². The van der Waals surface area contributed by atoms with Crippen molar-refractivity contribution in [1.82, 2.24) is 15.1 Å². The number of rotatable bonds is 1. The molecule has 0 aromatic carbocycles. The maximum Gasteiger partial charge on any atom is 0.200 e. The van der Waals surface area contributed by atoms with Crippen LogP contribution in [0.4, 0.5) is 0 Å². The van der Waals surface area contributed by atoms with Gasteiger partial charge in [-0.25, -0.2) is 4.99 Å². The van der Waals surface area contributed by atoms with Gasteiger partial charge in [-0.3, -0.25) is 0 Å². The van der Waals surface area contributed by atoms with Crippen molar-refractivity contribution in [3.8, 4) is 0 Å². The summed E-state index contributed by atoms with van der Waals surface area (Å²) in [6, 6.07) is 0. The number of aliphatic imine (C=N–C) groups is 1. The number of hydrogen-bond donors (Lipinski definition) is 1. The summed E-state index contributed by atoms with van der Waals surface area (Å²) < 4.78 is 0. The van der Waals surface area contributed by atoms with E-state index in [-0.39, 0.29) is 0 Å². The Balaban J connectivity index is 2.68. The van der Waals surface area contributed by atoms with Crippen molar-refractivity contribution in [3.05, 3.63) is 12.3 Å². The maximum absolute atomic E-state index is 4.47. The highest BCUT2D eigenvalue weighted by molar-refractivity contribution is 5.80. The van der Waals surface area contributed by atoms with E-state index in [1.165, 1.54) is 6.42 Å². The zero-order valence-corrected chi connectivity index (χ0v) is 10.0. The molecule has 1 aliphatic heterocycles. The lowest BCUT2D eigenvalue weighted by atomic mass is 10.4. The van der Waals surface area contributed by atoms with Crippen molar-refractivity contribution in [2.75, 3.05) is 40.3 Å². The molecular weight excluding hydrogens is 188 g/mol. The fourth-order valence-corrected chi connectivity index (χ4v) is 1.67. The summed E-state index contributed by atoms with van der Waals surface area (Å²) in [4.78, 5) is 8.88. The molecule has 0 saturated carbocycles. The predicted molar refractivity (Wildman–Crippen MR) is 65.0 cm³/mol. The molecule has 1 rings (SSSR count). The second kappa shape index (κ2) is 6.45. The lowest BCUT2D eigenvalue weighted by Gasteiger charge is -2.28. The Labute approximate surface area is 92.7 Å². The summed E-state index contributed by atoms with van der Waals surface area (Å²) >= 11 is 0. The van der Waals surface area contributed by atoms with E-state index in [0.717, 1.165) is 32.1 Å². The van der Waals surface area contributed by atoms with Crippen molar-refractivity contribution < 1.29 is 0 Å². The number of nitrogens with one attached hydrogen (secondary N) is 1. The lowest BCUT2D eigenvalue weighted by molar-refractivity contribution is 0.385. The van der Waals surface area contributed by atoms with Gasteiger partial charge in [0.15, 0.2) is 0 Å². The van der Waals surface area contributed by atoms with Crippen molar-refractivity contribution >= 4 is 5.96 Å². The topological polar surface area (TPSA) is 30.9 Å². The predicted octanol–water partition coefficient (Wildman–Crippen LogP) is 0.733. The first kappa shape index (κ1) is 12.0. The Morgan fingerprint density at radius 2 is 2.13 bits per heavy atom. The molecule has 0 aromatic rings. The highest BCUT2D eigenvalue weighted by atomic mass is 15.4. The van der Waals surface area contributed by atoms with Gasteiger partial charge < -0.3 is 15.1 Å². The van der Waals surface area contributed by atoms with Crippen LogP contribution in [0.2, 0.25) is 0 Å². The highest BCUT2D eigenvalue weighted by Gasteiger charge is 2.14. The molecule has 0 radical (unpaired) electrons. The molecular formula is C11H22N4. The molecule has 4 heteroatoms. The summed E-state index contributed by atoms with van der Waals surface area (Å²) in [5.74, 6) is 1.05. The quantitative estimate of drug-likeness (QED) is 0.511. The summed E-state index contributed by atoms with van der Waals surface area (Å²) in [6.45, 7) is 6.26. The molecule has 0 spiro atoms. The molecule has 0 atom stereocenters. The third-order valence-electron chi connectivity index (χ3n) is 2.36. The van der Waals surface area contributed by atoms with Crippen LogP contribution in [0.1, 0.15) is 13.3 Å². The molecule has 0 unspecified atom stereocenters. The maximum atomic E-state index is 4.47. The van der Waals surface area contributed by atoms with Crippen LogP contribution < -0.4 is 5.32 Å². The summed E-state index contributed by atoms with van der Waals surface area (Å²) in [6.07, 6.45) is 5.00. The smallest absolute Gasteiger partial charge is 0.200 e. The number of hydrogen-bond acceptors (Lipinski definition) is 2. The van der Waals surface area contributed by atoms with E-state index in [0.29, 0.717) is 0 Å². The van der Waals surface area contributed by atoms with Crippen LogP contribution in [-0.4, -0.2) is 56.0 Å². The monoisotopic (exact) mass is 210 g/mol. The average molecular weight is 210 g/mol. The van der Waals surface area contributed by atoms with E-state index in [9.17, 15) is 0 Å². The van der Waals surface area contributed by atoms with Crippen LogP contribution in [0.25, 0.3) is 0 Å². The first-order valence-electron chi connectivity index (χ1n) is 5.57. The first-order chi connectivity index (χ1) is 7.25. The van der Waals surface area contributed by atoms with Gasteiger partial charge in [0, 0.05) is 39.9 Å². The van der Waals surface area contributed by atoms with Gasteiger partial charge in [-0.15, -0.1) is 0 Å². The molecule has 0 amide bonds. The van der Waals surface area contributed by atoms with Gasteiger partial charge in [0.05, 0.1) is 0 Å². The Morgan fingerprint density at radius 1 is 1.33 bits per heavy atom. The second-order valence-electron chi connectivity index (χ2n) is 3.90. The van der Waals surface area contributed by atoms with Gasteiger partial charge in [0.1, 0.15) is 0 Å². The van der Waals surface area contributed by atoms with E-state index in [1.807, 2.05) is 33.3 Å². The molecule has 4 nitrogen and oxygen atoms in total. The molecule has 0 bridgehead atoms. The Kier molecular flexibility index (Phi) is 5.18. The minimum Gasteiger partial charge on any atom is -0.349 e. The molecule has 1 fully saturated rings. The van der Waals surface area contributed by atoms with Crippen molar-refractivity contribution in [1.29, 1.82) is 0 Å². The minimum absolute atomic E-state index is 1.04. The van der Waals surface area contributed by atoms with Gasteiger partial charge in [-0.05, 0) is 19.9 Å². The van der Waals surface area contributed by atoms with Crippen LogP contribution in [0.15, 0.2) is 17.3 Å². The third-order valence-corrected chi connectivity index (χ3v) is 2.36. The normalized spacial score (nSPS) is 19.4. The fraction of sp³-hybridized carbons (Fsp3) is 0.727. The van der Waals surface area contributed by atoms with Crippen LogP contribution in [0.3, 0.4) is 0 Å². The van der Waals surface area contributed by atoms with Gasteiger partial charge in [-0.2, -0.15) is 0 Å². The first-order valence-corrected chi connectivity index (χ1v) is 5.57. The third kappa shape index (κ3) is 3.91. The molecule has 1 aliphatic rings. The summed E-state index contributed by atoms with van der Waals surface area (Å²) in [5, 5.41) is 3.39. The largest absolute Gasteiger partial charge is 0.349 e. The van der Waals surface area contributed by atoms with Gasteiger partial charge in [0.2, 0.25) is 5.96 Å². The van der Waals surface area contributed by atoms with Crippen LogP contribution in [-0.2, 0) is 0 Å². The van der Waals surface area contributed by atoms with Crippen LogP contribution in [0, 0.1) is 0 Å². The number of guanidine groups is 1. The molecule has 15 heavy (non-hydrogen) atoms. The van der Waals surface area contributed by atoms with Gasteiger partial charge >= 0.3 is 0 Å². The molecule has 1 N–H and O–H groups in total. The van der Waals surface area contributed by atoms with Crippen molar-refractivity contribution in [2.24, 2.45) is 4.99 Å². The standard InChI is InChI=1S/C11H22N4/c1-4-6-13-11(14(2)3)15-9-5-7-12-8-10-15/h4,6,12H,5,7-10H2,1-3H3/b6-4+,13-11?. The summed E-state index contributed by atoms with van der Waals surface area (Å²) in [5.41, 5.74) is 0. The van der Waals surface area contributed by atoms with Crippen LogP contribution in [0.5, 0.6) is 0 Å². The van der Waals surface area contributed by atoms with Crippen molar-refractivity contribution in [3.63, 3.8) is 0 Å². The molecule has 0 aromatic heterocycles. The zero-order chi connectivity index (χ0) is 11.1.